The monoisotopic (exact) mass is 462 g/mol. The Hall–Kier alpha value is -3.85. The minimum atomic E-state index is -0.129. The quantitative estimate of drug-likeness (QED) is 0.453. The molecule has 0 saturated carbocycles. The Morgan fingerprint density at radius 3 is 2.65 bits per heavy atom. The van der Waals surface area contributed by atoms with Gasteiger partial charge in [0.05, 0.1) is 43.1 Å². The number of morpholine rings is 1. The Morgan fingerprint density at radius 2 is 1.94 bits per heavy atom. The summed E-state index contributed by atoms with van der Waals surface area (Å²) >= 11 is 0. The first kappa shape index (κ1) is 23.3. The van der Waals surface area contributed by atoms with E-state index in [9.17, 15) is 4.79 Å². The number of nitrogens with two attached hydrogens (primary N) is 1. The lowest BCUT2D eigenvalue weighted by Gasteiger charge is -2.30. The van der Waals surface area contributed by atoms with Crippen LogP contribution in [0.3, 0.4) is 0 Å². The van der Waals surface area contributed by atoms with Crippen molar-refractivity contribution in [2.24, 2.45) is 5.92 Å². The van der Waals surface area contributed by atoms with Crippen molar-refractivity contribution >= 4 is 34.6 Å². The van der Waals surface area contributed by atoms with Crippen molar-refractivity contribution in [3.8, 4) is 17.0 Å². The average molecular weight is 463 g/mol. The van der Waals surface area contributed by atoms with Crippen LogP contribution < -0.4 is 26.0 Å². The summed E-state index contributed by atoms with van der Waals surface area (Å²) in [4.78, 5) is 23.2. The second-order valence-electron chi connectivity index (χ2n) is 8.32. The van der Waals surface area contributed by atoms with E-state index in [0.29, 0.717) is 36.2 Å². The van der Waals surface area contributed by atoms with E-state index in [2.05, 4.69) is 25.5 Å². The van der Waals surface area contributed by atoms with E-state index >= 15 is 0 Å². The van der Waals surface area contributed by atoms with Gasteiger partial charge in [-0.2, -0.15) is 0 Å². The van der Waals surface area contributed by atoms with Gasteiger partial charge in [0, 0.05) is 42.5 Å². The third kappa shape index (κ3) is 5.37. The zero-order chi connectivity index (χ0) is 24.1. The molecular formula is C25H30N6O3. The number of amides is 1. The van der Waals surface area contributed by atoms with Crippen molar-refractivity contribution in [3.63, 3.8) is 0 Å². The van der Waals surface area contributed by atoms with Gasteiger partial charge in [0.2, 0.25) is 11.9 Å². The minimum Gasteiger partial charge on any atom is -0.495 e. The van der Waals surface area contributed by atoms with E-state index in [1.54, 1.807) is 25.4 Å². The van der Waals surface area contributed by atoms with Gasteiger partial charge in [-0.1, -0.05) is 19.9 Å². The van der Waals surface area contributed by atoms with Crippen LogP contribution in [0.15, 0.2) is 48.7 Å². The highest BCUT2D eigenvalue weighted by Crippen LogP contribution is 2.33. The molecular weight excluding hydrogens is 432 g/mol. The summed E-state index contributed by atoms with van der Waals surface area (Å²) in [5.41, 5.74) is 10.6. The molecule has 3 aromatic rings. The molecule has 4 rings (SSSR count). The fraction of sp³-hybridized carbons (Fsp3) is 0.320. The Balaban J connectivity index is 1.52. The zero-order valence-corrected chi connectivity index (χ0v) is 19.7. The fourth-order valence-corrected chi connectivity index (χ4v) is 3.64. The minimum absolute atomic E-state index is 0.0805. The van der Waals surface area contributed by atoms with Crippen LogP contribution in [0.5, 0.6) is 5.75 Å². The van der Waals surface area contributed by atoms with Crippen LogP contribution in [0.4, 0.5) is 28.7 Å². The number of methoxy groups -OCH3 is 1. The van der Waals surface area contributed by atoms with Gasteiger partial charge in [0.25, 0.3) is 0 Å². The van der Waals surface area contributed by atoms with E-state index < -0.39 is 0 Å². The summed E-state index contributed by atoms with van der Waals surface area (Å²) in [5, 5.41) is 6.09. The molecule has 0 unspecified atom stereocenters. The molecule has 1 fully saturated rings. The van der Waals surface area contributed by atoms with Crippen LogP contribution in [-0.4, -0.2) is 49.3 Å². The molecule has 9 nitrogen and oxygen atoms in total. The van der Waals surface area contributed by atoms with Gasteiger partial charge in [0.15, 0.2) is 0 Å². The predicted octanol–water partition coefficient (Wildman–Crippen LogP) is 3.91. The smallest absolute Gasteiger partial charge is 0.227 e. The SMILES string of the molecule is COc1cc(Nc2nccc(-c3ccc(NC(=O)C(C)C)c(N)c3)n2)ccc1N1CCOCC1. The maximum Gasteiger partial charge on any atom is 0.227 e. The topological polar surface area (TPSA) is 115 Å². The highest BCUT2D eigenvalue weighted by molar-refractivity contribution is 5.95. The number of carbonyl (C=O) groups is 1. The third-order valence-corrected chi connectivity index (χ3v) is 5.57. The van der Waals surface area contributed by atoms with Crippen LogP contribution in [0.25, 0.3) is 11.3 Å². The fourth-order valence-electron chi connectivity index (χ4n) is 3.64. The van der Waals surface area contributed by atoms with Crippen molar-refractivity contribution in [2.45, 2.75) is 13.8 Å². The van der Waals surface area contributed by atoms with E-state index in [4.69, 9.17) is 15.2 Å². The number of nitrogens with one attached hydrogen (secondary N) is 2. The zero-order valence-electron chi connectivity index (χ0n) is 19.7. The van der Waals surface area contributed by atoms with E-state index in [-0.39, 0.29) is 11.8 Å². The number of hydrogen-bond donors (Lipinski definition) is 3. The summed E-state index contributed by atoms with van der Waals surface area (Å²) in [7, 11) is 1.66. The Bertz CT molecular complexity index is 1160. The van der Waals surface area contributed by atoms with Gasteiger partial charge >= 0.3 is 0 Å². The summed E-state index contributed by atoms with van der Waals surface area (Å²) in [5.74, 6) is 1.02. The maximum absolute atomic E-state index is 12.0. The standard InChI is InChI=1S/C25H30N6O3/c1-16(2)24(32)29-21-6-4-17(14-19(21)26)20-8-9-27-25(30-20)28-18-5-7-22(23(15-18)33-3)31-10-12-34-13-11-31/h4-9,14-16H,10-13,26H2,1-3H3,(H,29,32)(H,27,28,30). The number of ether oxygens (including phenoxy) is 2. The molecule has 178 valence electrons. The Morgan fingerprint density at radius 1 is 1.15 bits per heavy atom. The van der Waals surface area contributed by atoms with Crippen LogP contribution in [0.2, 0.25) is 0 Å². The Kier molecular flexibility index (Phi) is 7.12. The molecule has 0 radical (unpaired) electrons. The largest absolute Gasteiger partial charge is 0.495 e. The van der Waals surface area contributed by atoms with E-state index in [1.807, 2.05) is 44.2 Å². The normalized spacial score (nSPS) is 13.6. The molecule has 1 aliphatic rings. The molecule has 0 aliphatic carbocycles. The van der Waals surface area contributed by atoms with Crippen molar-refractivity contribution < 1.29 is 14.3 Å². The van der Waals surface area contributed by atoms with Crippen LogP contribution >= 0.6 is 0 Å². The molecule has 2 aromatic carbocycles. The second kappa shape index (κ2) is 10.4. The lowest BCUT2D eigenvalue weighted by molar-refractivity contribution is -0.118. The molecule has 4 N–H and O–H groups in total. The number of rotatable bonds is 7. The lowest BCUT2D eigenvalue weighted by Crippen LogP contribution is -2.36. The first-order valence-electron chi connectivity index (χ1n) is 11.3. The van der Waals surface area contributed by atoms with Gasteiger partial charge < -0.3 is 30.7 Å². The van der Waals surface area contributed by atoms with Crippen LogP contribution in [-0.2, 0) is 9.53 Å². The highest BCUT2D eigenvalue weighted by atomic mass is 16.5. The first-order valence-corrected chi connectivity index (χ1v) is 11.3. The van der Waals surface area contributed by atoms with Crippen molar-refractivity contribution in [2.75, 3.05) is 54.7 Å². The number of benzene rings is 2. The van der Waals surface area contributed by atoms with Crippen LogP contribution in [0, 0.1) is 5.92 Å². The molecule has 34 heavy (non-hydrogen) atoms. The molecule has 1 saturated heterocycles. The molecule has 1 aliphatic heterocycles. The number of carbonyl (C=O) groups excluding carboxylic acids is 1. The molecule has 0 bridgehead atoms. The molecule has 0 atom stereocenters. The highest BCUT2D eigenvalue weighted by Gasteiger charge is 2.16. The van der Waals surface area contributed by atoms with Gasteiger partial charge in [0.1, 0.15) is 5.75 Å². The first-order chi connectivity index (χ1) is 16.4. The number of hydrogen-bond acceptors (Lipinski definition) is 8. The molecule has 0 spiro atoms. The Labute approximate surface area is 199 Å². The summed E-state index contributed by atoms with van der Waals surface area (Å²) in [6.45, 7) is 6.75. The molecule has 1 amide bonds. The van der Waals surface area contributed by atoms with Gasteiger partial charge in [-0.05, 0) is 30.3 Å². The van der Waals surface area contributed by atoms with Gasteiger partial charge in [-0.3, -0.25) is 4.79 Å². The summed E-state index contributed by atoms with van der Waals surface area (Å²) in [6, 6.07) is 13.2. The predicted molar refractivity (Wildman–Crippen MR) is 135 cm³/mol. The number of nitrogens with zero attached hydrogens (tertiary/aromatic N) is 3. The third-order valence-electron chi connectivity index (χ3n) is 5.57. The van der Waals surface area contributed by atoms with Crippen molar-refractivity contribution in [1.29, 1.82) is 0 Å². The maximum atomic E-state index is 12.0. The molecule has 2 heterocycles. The van der Waals surface area contributed by atoms with E-state index in [1.165, 1.54) is 0 Å². The molecule has 9 heteroatoms. The van der Waals surface area contributed by atoms with Crippen molar-refractivity contribution in [1.82, 2.24) is 9.97 Å². The van der Waals surface area contributed by atoms with Crippen LogP contribution in [0.1, 0.15) is 13.8 Å². The number of aromatic nitrogens is 2. The van der Waals surface area contributed by atoms with Gasteiger partial charge in [-0.25, -0.2) is 9.97 Å². The van der Waals surface area contributed by atoms with Gasteiger partial charge in [-0.15, -0.1) is 0 Å². The summed E-state index contributed by atoms with van der Waals surface area (Å²) < 4.78 is 11.1. The number of anilines is 5. The van der Waals surface area contributed by atoms with E-state index in [0.717, 1.165) is 35.8 Å². The number of nitrogen functional groups attached to an aromatic ring is 1. The second-order valence-corrected chi connectivity index (χ2v) is 8.32. The summed E-state index contributed by atoms with van der Waals surface area (Å²) in [6.07, 6.45) is 1.69. The average Bonchev–Trinajstić information content (AvgIpc) is 2.85. The van der Waals surface area contributed by atoms with Crippen molar-refractivity contribution in [3.05, 3.63) is 48.7 Å². The lowest BCUT2D eigenvalue weighted by atomic mass is 10.1. The molecule has 1 aromatic heterocycles.